The Kier molecular flexibility index (Phi) is 7.63. The van der Waals surface area contributed by atoms with Gasteiger partial charge in [-0.3, -0.25) is 14.5 Å². The maximum atomic E-state index is 13.7. The Morgan fingerprint density at radius 1 is 1.00 bits per heavy atom. The normalized spacial score (nSPS) is 14.6. The van der Waals surface area contributed by atoms with Gasteiger partial charge in [0, 0.05) is 29.4 Å². The fraction of sp³-hybridized carbons (Fsp3) is 0.125. The number of hydrogen-bond acceptors (Lipinski definition) is 5. The Morgan fingerprint density at radius 2 is 1.70 bits per heavy atom. The summed E-state index contributed by atoms with van der Waals surface area (Å²) in [6.07, 6.45) is 3.98. The summed E-state index contributed by atoms with van der Waals surface area (Å²) < 4.78 is 7.02. The Hall–Kier alpha value is -4.93. The highest BCUT2D eigenvalue weighted by atomic mass is 35.5. The summed E-state index contributed by atoms with van der Waals surface area (Å²) in [5.74, 6) is -0.510. The van der Waals surface area contributed by atoms with E-state index in [4.69, 9.17) is 21.4 Å². The topological polar surface area (TPSA) is 88.2 Å². The number of para-hydroxylation sites is 1. The molecule has 0 fully saturated rings. The molecule has 0 unspecified atom stereocenters. The van der Waals surface area contributed by atoms with Crippen LogP contribution in [-0.4, -0.2) is 40.1 Å². The molecule has 40 heavy (non-hydrogen) atoms. The van der Waals surface area contributed by atoms with Crippen LogP contribution in [0.2, 0.25) is 5.02 Å². The molecule has 8 heteroatoms. The average molecular weight is 549 g/mol. The lowest BCUT2D eigenvalue weighted by Crippen LogP contribution is -2.43. The van der Waals surface area contributed by atoms with E-state index in [0.29, 0.717) is 34.0 Å². The van der Waals surface area contributed by atoms with E-state index in [1.165, 1.54) is 0 Å². The number of carbonyl (C=O) groups is 2. The second-order valence-electron chi connectivity index (χ2n) is 9.23. The van der Waals surface area contributed by atoms with Crippen molar-refractivity contribution in [3.8, 4) is 28.8 Å². The zero-order valence-electron chi connectivity index (χ0n) is 22.0. The summed E-state index contributed by atoms with van der Waals surface area (Å²) >= 11 is 6.44. The number of imide groups is 1. The number of amides is 2. The quantitative estimate of drug-likeness (QED) is 0.208. The summed E-state index contributed by atoms with van der Waals surface area (Å²) in [7, 11) is 1.54. The van der Waals surface area contributed by atoms with Crippen LogP contribution in [0.4, 0.5) is 0 Å². The van der Waals surface area contributed by atoms with Crippen LogP contribution in [0.25, 0.3) is 23.0 Å². The molecule has 0 N–H and O–H groups in total. The molecule has 1 aliphatic rings. The van der Waals surface area contributed by atoms with E-state index in [0.717, 1.165) is 21.7 Å². The zero-order valence-corrected chi connectivity index (χ0v) is 22.7. The summed E-state index contributed by atoms with van der Waals surface area (Å²) in [6.45, 7) is 1.78. The SMILES string of the molecule is COc1ccc(-c2nn(-c3ccccc3)cc2/C=C2/C(=O)N(CCc3ccccc3)C(=O)C(C#N)=C2C)cc1Cl. The van der Waals surface area contributed by atoms with Crippen LogP contribution in [0.5, 0.6) is 5.75 Å². The lowest BCUT2D eigenvalue weighted by atomic mass is 9.93. The van der Waals surface area contributed by atoms with E-state index >= 15 is 0 Å². The van der Waals surface area contributed by atoms with Crippen molar-refractivity contribution in [2.75, 3.05) is 13.7 Å². The molecule has 0 radical (unpaired) electrons. The second kappa shape index (κ2) is 11.4. The molecule has 2 amide bonds. The third-order valence-electron chi connectivity index (χ3n) is 6.78. The van der Waals surface area contributed by atoms with Crippen molar-refractivity contribution < 1.29 is 14.3 Å². The van der Waals surface area contributed by atoms with Gasteiger partial charge in [-0.2, -0.15) is 10.4 Å². The molecule has 0 saturated carbocycles. The van der Waals surface area contributed by atoms with Gasteiger partial charge in [0.05, 0.1) is 17.8 Å². The van der Waals surface area contributed by atoms with Crippen molar-refractivity contribution in [2.24, 2.45) is 0 Å². The number of ether oxygens (including phenoxy) is 1. The number of nitriles is 1. The van der Waals surface area contributed by atoms with Crippen molar-refractivity contribution in [3.63, 3.8) is 0 Å². The standard InChI is InChI=1S/C32H25ClN4O3/c1-21-26(31(38)36(32(39)27(21)19-34)16-15-22-9-5-3-6-10-22)17-24-20-37(25-11-7-4-8-12-25)35-30(24)23-13-14-29(40-2)28(33)18-23/h3-14,17-18,20H,15-16H2,1-2H3/b26-17+. The minimum atomic E-state index is -0.583. The lowest BCUT2D eigenvalue weighted by Gasteiger charge is -2.27. The van der Waals surface area contributed by atoms with Crippen molar-refractivity contribution >= 4 is 29.5 Å². The Morgan fingerprint density at radius 3 is 2.35 bits per heavy atom. The highest BCUT2D eigenvalue weighted by molar-refractivity contribution is 6.32. The Labute approximate surface area is 237 Å². The third-order valence-corrected chi connectivity index (χ3v) is 7.08. The summed E-state index contributed by atoms with van der Waals surface area (Å²) in [5.41, 5.74) is 4.28. The van der Waals surface area contributed by atoms with Crippen molar-refractivity contribution in [3.05, 3.63) is 118 Å². The van der Waals surface area contributed by atoms with Crippen molar-refractivity contribution in [1.29, 1.82) is 5.26 Å². The largest absolute Gasteiger partial charge is 0.495 e. The number of methoxy groups -OCH3 is 1. The molecule has 3 aromatic carbocycles. The molecule has 198 valence electrons. The average Bonchev–Trinajstić information content (AvgIpc) is 3.40. The smallest absolute Gasteiger partial charge is 0.271 e. The molecule has 5 rings (SSSR count). The van der Waals surface area contributed by atoms with E-state index in [2.05, 4.69) is 0 Å². The van der Waals surface area contributed by atoms with Crippen molar-refractivity contribution in [1.82, 2.24) is 14.7 Å². The molecule has 0 spiro atoms. The van der Waals surface area contributed by atoms with Gasteiger partial charge in [-0.05, 0) is 60.9 Å². The highest BCUT2D eigenvalue weighted by Gasteiger charge is 2.35. The molecule has 4 aromatic rings. The van der Waals surface area contributed by atoms with E-state index < -0.39 is 11.8 Å². The Balaban J connectivity index is 1.61. The molecule has 0 atom stereocenters. The zero-order chi connectivity index (χ0) is 28.2. The molecule has 0 bridgehead atoms. The van der Waals surface area contributed by atoms with E-state index in [1.807, 2.05) is 79.0 Å². The molecule has 0 saturated heterocycles. The molecule has 7 nitrogen and oxygen atoms in total. The van der Waals surface area contributed by atoms with Gasteiger partial charge in [0.2, 0.25) is 0 Å². The first-order valence-electron chi connectivity index (χ1n) is 12.6. The van der Waals surface area contributed by atoms with Crippen LogP contribution < -0.4 is 4.74 Å². The summed E-state index contributed by atoms with van der Waals surface area (Å²) in [5, 5.41) is 15.1. The van der Waals surface area contributed by atoms with Gasteiger partial charge in [0.25, 0.3) is 11.8 Å². The van der Waals surface area contributed by atoms with Crippen LogP contribution in [0, 0.1) is 11.3 Å². The Bertz CT molecular complexity index is 1700. The number of rotatable bonds is 7. The lowest BCUT2D eigenvalue weighted by molar-refractivity contribution is -0.140. The first kappa shape index (κ1) is 26.7. The van der Waals surface area contributed by atoms with Crippen LogP contribution in [0.15, 0.2) is 102 Å². The minimum absolute atomic E-state index is 0.0524. The van der Waals surface area contributed by atoms with Gasteiger partial charge in [0.1, 0.15) is 23.1 Å². The first-order chi connectivity index (χ1) is 19.4. The second-order valence-corrected chi connectivity index (χ2v) is 9.64. The molecule has 1 aliphatic heterocycles. The number of carbonyl (C=O) groups excluding carboxylic acids is 2. The fourth-order valence-electron chi connectivity index (χ4n) is 4.62. The maximum absolute atomic E-state index is 13.7. The minimum Gasteiger partial charge on any atom is -0.495 e. The highest BCUT2D eigenvalue weighted by Crippen LogP contribution is 2.34. The predicted molar refractivity (Wildman–Crippen MR) is 154 cm³/mol. The molecule has 1 aromatic heterocycles. The monoisotopic (exact) mass is 548 g/mol. The van der Waals surface area contributed by atoms with E-state index in [1.54, 1.807) is 36.9 Å². The van der Waals surface area contributed by atoms with Crippen LogP contribution in [0.1, 0.15) is 18.1 Å². The first-order valence-corrected chi connectivity index (χ1v) is 13.0. The van der Waals surface area contributed by atoms with Gasteiger partial charge in [-0.1, -0.05) is 60.1 Å². The maximum Gasteiger partial charge on any atom is 0.271 e. The fourth-order valence-corrected chi connectivity index (χ4v) is 4.88. The summed E-state index contributed by atoms with van der Waals surface area (Å²) in [6, 6.07) is 26.5. The summed E-state index contributed by atoms with van der Waals surface area (Å²) in [4.78, 5) is 28.0. The van der Waals surface area contributed by atoms with Crippen LogP contribution in [-0.2, 0) is 16.0 Å². The number of hydrogen-bond donors (Lipinski definition) is 0. The van der Waals surface area contributed by atoms with E-state index in [9.17, 15) is 14.9 Å². The predicted octanol–water partition coefficient (Wildman–Crippen LogP) is 6.04. The molecule has 0 aliphatic carbocycles. The van der Waals surface area contributed by atoms with Gasteiger partial charge >= 0.3 is 0 Å². The van der Waals surface area contributed by atoms with Gasteiger partial charge < -0.3 is 4.74 Å². The molecular weight excluding hydrogens is 524 g/mol. The molecular formula is C32H25ClN4O3. The third kappa shape index (κ3) is 5.18. The van der Waals surface area contributed by atoms with Crippen molar-refractivity contribution in [2.45, 2.75) is 13.3 Å². The van der Waals surface area contributed by atoms with Crippen LogP contribution >= 0.6 is 11.6 Å². The number of halogens is 1. The number of nitrogens with zero attached hydrogens (tertiary/aromatic N) is 4. The van der Waals surface area contributed by atoms with Gasteiger partial charge in [-0.25, -0.2) is 4.68 Å². The number of aromatic nitrogens is 2. The van der Waals surface area contributed by atoms with E-state index in [-0.39, 0.29) is 17.7 Å². The number of benzene rings is 3. The van der Waals surface area contributed by atoms with Crippen LogP contribution in [0.3, 0.4) is 0 Å². The van der Waals surface area contributed by atoms with Gasteiger partial charge in [-0.15, -0.1) is 0 Å². The molecule has 2 heterocycles. The van der Waals surface area contributed by atoms with Gasteiger partial charge in [0.15, 0.2) is 0 Å².